The molecular formula is C19H22ClNO2S. The Labute approximate surface area is 152 Å². The zero-order chi connectivity index (χ0) is 17.4. The highest BCUT2D eigenvalue weighted by Gasteiger charge is 2.04. The molecule has 5 heteroatoms. The fourth-order valence-corrected chi connectivity index (χ4v) is 3.13. The molecule has 0 heterocycles. The van der Waals surface area contributed by atoms with Crippen molar-refractivity contribution < 1.29 is 9.53 Å². The van der Waals surface area contributed by atoms with Crippen LogP contribution in [-0.4, -0.2) is 24.8 Å². The average Bonchev–Trinajstić information content (AvgIpc) is 2.55. The molecule has 0 atom stereocenters. The number of hydrogen-bond donors (Lipinski definition) is 1. The summed E-state index contributed by atoms with van der Waals surface area (Å²) in [5.74, 6) is 2.43. The summed E-state index contributed by atoms with van der Waals surface area (Å²) < 4.78 is 5.56. The molecule has 1 N–H and O–H groups in total. The van der Waals surface area contributed by atoms with E-state index in [4.69, 9.17) is 16.3 Å². The van der Waals surface area contributed by atoms with Crippen LogP contribution >= 0.6 is 23.4 Å². The first-order valence-electron chi connectivity index (χ1n) is 7.83. The van der Waals surface area contributed by atoms with Gasteiger partial charge in [0.25, 0.3) is 5.91 Å². The van der Waals surface area contributed by atoms with E-state index >= 15 is 0 Å². The Balaban J connectivity index is 1.60. The summed E-state index contributed by atoms with van der Waals surface area (Å²) in [7, 11) is 0. The van der Waals surface area contributed by atoms with E-state index in [1.54, 1.807) is 11.8 Å². The van der Waals surface area contributed by atoms with Crippen molar-refractivity contribution in [3.05, 3.63) is 64.2 Å². The number of ether oxygens (including phenoxy) is 1. The average molecular weight is 364 g/mol. The van der Waals surface area contributed by atoms with Crippen LogP contribution in [0.4, 0.5) is 0 Å². The highest BCUT2D eigenvalue weighted by molar-refractivity contribution is 7.98. The van der Waals surface area contributed by atoms with Crippen LogP contribution in [0.1, 0.15) is 16.7 Å². The first-order chi connectivity index (χ1) is 11.5. The van der Waals surface area contributed by atoms with Crippen molar-refractivity contribution in [2.24, 2.45) is 0 Å². The Kier molecular flexibility index (Phi) is 7.47. The van der Waals surface area contributed by atoms with E-state index in [2.05, 4.69) is 5.32 Å². The number of hydrogen-bond acceptors (Lipinski definition) is 3. The minimum Gasteiger partial charge on any atom is -0.484 e. The molecule has 0 bridgehead atoms. The van der Waals surface area contributed by atoms with Crippen LogP contribution in [0.3, 0.4) is 0 Å². The van der Waals surface area contributed by atoms with Crippen molar-refractivity contribution in [2.45, 2.75) is 19.6 Å². The summed E-state index contributed by atoms with van der Waals surface area (Å²) >= 11 is 7.63. The van der Waals surface area contributed by atoms with E-state index in [0.29, 0.717) is 6.54 Å². The summed E-state index contributed by atoms with van der Waals surface area (Å²) in [6.07, 6.45) is 0. The molecule has 0 aromatic heterocycles. The largest absolute Gasteiger partial charge is 0.484 e. The van der Waals surface area contributed by atoms with Gasteiger partial charge in [0.2, 0.25) is 0 Å². The highest BCUT2D eigenvalue weighted by Crippen LogP contribution is 2.18. The lowest BCUT2D eigenvalue weighted by molar-refractivity contribution is -0.122. The second kappa shape index (κ2) is 9.60. The van der Waals surface area contributed by atoms with Gasteiger partial charge in [-0.25, -0.2) is 0 Å². The van der Waals surface area contributed by atoms with Gasteiger partial charge >= 0.3 is 0 Å². The third-order valence-electron chi connectivity index (χ3n) is 3.44. The van der Waals surface area contributed by atoms with E-state index in [9.17, 15) is 4.79 Å². The molecule has 0 fully saturated rings. The number of thioether (sulfide) groups is 1. The first-order valence-corrected chi connectivity index (χ1v) is 9.37. The smallest absolute Gasteiger partial charge is 0.257 e. The molecule has 24 heavy (non-hydrogen) atoms. The van der Waals surface area contributed by atoms with Gasteiger partial charge in [0.15, 0.2) is 6.61 Å². The molecule has 0 aliphatic carbocycles. The third-order valence-corrected chi connectivity index (χ3v) is 4.72. The molecule has 128 valence electrons. The van der Waals surface area contributed by atoms with Gasteiger partial charge in [-0.05, 0) is 43.2 Å². The Morgan fingerprint density at radius 3 is 2.62 bits per heavy atom. The normalized spacial score (nSPS) is 10.5. The fourth-order valence-electron chi connectivity index (χ4n) is 2.19. The van der Waals surface area contributed by atoms with Crippen molar-refractivity contribution in [3.8, 4) is 5.75 Å². The number of carbonyl (C=O) groups excluding carboxylic acids is 1. The van der Waals surface area contributed by atoms with Gasteiger partial charge in [0, 0.05) is 23.1 Å². The van der Waals surface area contributed by atoms with E-state index in [-0.39, 0.29) is 12.5 Å². The zero-order valence-corrected chi connectivity index (χ0v) is 15.5. The Bertz CT molecular complexity index is 674. The van der Waals surface area contributed by atoms with Crippen LogP contribution in [0.5, 0.6) is 5.75 Å². The number of halogens is 1. The summed E-state index contributed by atoms with van der Waals surface area (Å²) in [5.41, 5.74) is 3.46. The second-order valence-corrected chi connectivity index (χ2v) is 7.13. The van der Waals surface area contributed by atoms with Crippen LogP contribution in [0, 0.1) is 13.8 Å². The number of rotatable bonds is 8. The van der Waals surface area contributed by atoms with Gasteiger partial charge in [-0.2, -0.15) is 11.8 Å². The topological polar surface area (TPSA) is 38.3 Å². The van der Waals surface area contributed by atoms with Gasteiger partial charge in [-0.15, -0.1) is 0 Å². The standard InChI is InChI=1S/C19H22ClNO2S/c1-14-3-8-18(15(2)11-14)23-12-19(22)21-9-10-24-13-16-4-6-17(20)7-5-16/h3-8,11H,9-10,12-13H2,1-2H3,(H,21,22). The van der Waals surface area contributed by atoms with E-state index in [0.717, 1.165) is 27.8 Å². The SMILES string of the molecule is Cc1ccc(OCC(=O)NCCSCc2ccc(Cl)cc2)c(C)c1. The Hall–Kier alpha value is -1.65. The first kappa shape index (κ1) is 18.7. The lowest BCUT2D eigenvalue weighted by Crippen LogP contribution is -2.30. The summed E-state index contributed by atoms with van der Waals surface area (Å²) in [5, 5.41) is 3.62. The van der Waals surface area contributed by atoms with Gasteiger partial charge in [-0.1, -0.05) is 41.4 Å². The molecule has 2 rings (SSSR count). The van der Waals surface area contributed by atoms with E-state index < -0.39 is 0 Å². The van der Waals surface area contributed by atoms with E-state index in [1.807, 2.05) is 56.3 Å². The molecule has 0 aliphatic rings. The van der Waals surface area contributed by atoms with Crippen molar-refractivity contribution >= 4 is 29.3 Å². The van der Waals surface area contributed by atoms with Crippen molar-refractivity contribution in [1.29, 1.82) is 0 Å². The minimum absolute atomic E-state index is 0.0474. The number of amides is 1. The van der Waals surface area contributed by atoms with Gasteiger partial charge in [0.1, 0.15) is 5.75 Å². The molecule has 0 saturated carbocycles. The minimum atomic E-state index is -0.0953. The van der Waals surface area contributed by atoms with Crippen LogP contribution in [0.25, 0.3) is 0 Å². The molecule has 1 amide bonds. The highest BCUT2D eigenvalue weighted by atomic mass is 35.5. The molecule has 3 nitrogen and oxygen atoms in total. The summed E-state index contributed by atoms with van der Waals surface area (Å²) in [6, 6.07) is 13.7. The maximum atomic E-state index is 11.8. The van der Waals surface area contributed by atoms with Crippen molar-refractivity contribution in [1.82, 2.24) is 5.32 Å². The fraction of sp³-hybridized carbons (Fsp3) is 0.316. The summed E-state index contributed by atoms with van der Waals surface area (Å²) in [6.45, 7) is 4.69. The third kappa shape index (κ3) is 6.46. The van der Waals surface area contributed by atoms with Crippen LogP contribution in [0.15, 0.2) is 42.5 Å². The second-order valence-electron chi connectivity index (χ2n) is 5.59. The predicted octanol–water partition coefficient (Wildman–Crippen LogP) is 4.39. The number of carbonyl (C=O) groups is 1. The lowest BCUT2D eigenvalue weighted by Gasteiger charge is -2.10. The molecule has 0 unspecified atom stereocenters. The quantitative estimate of drug-likeness (QED) is 0.707. The molecule has 0 radical (unpaired) electrons. The van der Waals surface area contributed by atoms with Gasteiger partial charge < -0.3 is 10.1 Å². The molecule has 2 aromatic carbocycles. The number of benzene rings is 2. The predicted molar refractivity (Wildman–Crippen MR) is 102 cm³/mol. The van der Waals surface area contributed by atoms with Gasteiger partial charge in [-0.3, -0.25) is 4.79 Å². The Morgan fingerprint density at radius 2 is 1.92 bits per heavy atom. The van der Waals surface area contributed by atoms with Crippen LogP contribution in [-0.2, 0) is 10.5 Å². The number of nitrogens with one attached hydrogen (secondary N) is 1. The molecule has 2 aromatic rings. The maximum Gasteiger partial charge on any atom is 0.257 e. The van der Waals surface area contributed by atoms with Crippen molar-refractivity contribution in [2.75, 3.05) is 18.9 Å². The lowest BCUT2D eigenvalue weighted by atomic mass is 10.1. The monoisotopic (exact) mass is 363 g/mol. The zero-order valence-electron chi connectivity index (χ0n) is 14.0. The summed E-state index contributed by atoms with van der Waals surface area (Å²) in [4.78, 5) is 11.8. The number of aryl methyl sites for hydroxylation is 2. The van der Waals surface area contributed by atoms with Crippen LogP contribution in [0.2, 0.25) is 5.02 Å². The van der Waals surface area contributed by atoms with Crippen LogP contribution < -0.4 is 10.1 Å². The molecular weight excluding hydrogens is 342 g/mol. The Morgan fingerprint density at radius 1 is 1.17 bits per heavy atom. The molecule has 0 spiro atoms. The van der Waals surface area contributed by atoms with E-state index in [1.165, 1.54) is 11.1 Å². The molecule has 0 aliphatic heterocycles. The van der Waals surface area contributed by atoms with Crippen molar-refractivity contribution in [3.63, 3.8) is 0 Å². The van der Waals surface area contributed by atoms with Gasteiger partial charge in [0.05, 0.1) is 0 Å². The maximum absolute atomic E-state index is 11.8. The molecule has 0 saturated heterocycles.